The molecule has 1 rings (SSSR count). The van der Waals surface area contributed by atoms with Crippen molar-refractivity contribution in [1.82, 2.24) is 0 Å². The minimum Gasteiger partial charge on any atom is -0.460 e. The summed E-state index contributed by atoms with van der Waals surface area (Å²) >= 11 is 0. The topological polar surface area (TPSA) is 46.5 Å². The third kappa shape index (κ3) is 2.19. The molecule has 1 N–H and O–H groups in total. The van der Waals surface area contributed by atoms with Gasteiger partial charge in [-0.2, -0.15) is 0 Å². The van der Waals surface area contributed by atoms with E-state index in [1.807, 2.05) is 0 Å². The fraction of sp³-hybridized carbons (Fsp3) is 0.875. The maximum Gasteiger partial charge on any atom is 0.335 e. The van der Waals surface area contributed by atoms with E-state index in [0.29, 0.717) is 12.3 Å². The normalized spacial score (nSPS) is 31.1. The minimum atomic E-state index is -0.876. The Bertz CT molecular complexity index is 153. The predicted molar refractivity (Wildman–Crippen MR) is 40.0 cm³/mol. The number of esters is 1. The molecule has 0 aromatic heterocycles. The summed E-state index contributed by atoms with van der Waals surface area (Å²) in [5.74, 6) is 0.0498. The van der Waals surface area contributed by atoms with Crippen LogP contribution in [0.15, 0.2) is 0 Å². The van der Waals surface area contributed by atoms with Crippen molar-refractivity contribution < 1.29 is 14.6 Å². The van der Waals surface area contributed by atoms with E-state index in [-0.39, 0.29) is 6.10 Å². The maximum atomic E-state index is 10.7. The molecule has 2 atom stereocenters. The van der Waals surface area contributed by atoms with Crippen molar-refractivity contribution in [3.8, 4) is 0 Å². The van der Waals surface area contributed by atoms with E-state index in [4.69, 9.17) is 9.84 Å². The Kier molecular flexibility index (Phi) is 2.49. The lowest BCUT2D eigenvalue weighted by Gasteiger charge is -2.10. The van der Waals surface area contributed by atoms with Gasteiger partial charge in [0.25, 0.3) is 0 Å². The van der Waals surface area contributed by atoms with Crippen LogP contribution in [0.5, 0.6) is 0 Å². The van der Waals surface area contributed by atoms with Gasteiger partial charge in [0.15, 0.2) is 6.10 Å². The summed E-state index contributed by atoms with van der Waals surface area (Å²) in [6.07, 6.45) is 0.385. The van der Waals surface area contributed by atoms with Crippen molar-refractivity contribution in [2.75, 3.05) is 0 Å². The van der Waals surface area contributed by atoms with Crippen molar-refractivity contribution in [2.24, 2.45) is 5.92 Å². The summed E-state index contributed by atoms with van der Waals surface area (Å²) in [5.41, 5.74) is 0. The van der Waals surface area contributed by atoms with Gasteiger partial charge in [-0.1, -0.05) is 13.8 Å². The lowest BCUT2D eigenvalue weighted by molar-refractivity contribution is -0.147. The quantitative estimate of drug-likeness (QED) is 0.602. The number of hydrogen-bond acceptors (Lipinski definition) is 3. The molecule has 1 saturated heterocycles. The predicted octanol–water partition coefficient (Wildman–Crippen LogP) is 0.709. The first kappa shape index (κ1) is 8.53. The van der Waals surface area contributed by atoms with Crippen molar-refractivity contribution in [2.45, 2.75) is 38.9 Å². The summed E-state index contributed by atoms with van der Waals surface area (Å²) < 4.78 is 4.90. The number of carbonyl (C=O) groups excluding carboxylic acids is 1. The van der Waals surface area contributed by atoms with Crippen LogP contribution in [-0.4, -0.2) is 23.3 Å². The van der Waals surface area contributed by atoms with Crippen LogP contribution in [0.3, 0.4) is 0 Å². The number of aliphatic hydroxyl groups excluding tert-OH is 1. The smallest absolute Gasteiger partial charge is 0.335 e. The van der Waals surface area contributed by atoms with Gasteiger partial charge in [-0.05, 0) is 12.3 Å². The van der Waals surface area contributed by atoms with Crippen LogP contribution in [-0.2, 0) is 9.53 Å². The molecule has 0 bridgehead atoms. The molecule has 0 spiro atoms. The standard InChI is InChI=1S/C8H14O3/c1-5(2)3-6-4-7(9)8(10)11-6/h5-7,9H,3-4H2,1-2H3/t6-,7-/m0/s1. The summed E-state index contributed by atoms with van der Waals surface area (Å²) in [7, 11) is 0. The molecule has 0 amide bonds. The van der Waals surface area contributed by atoms with Crippen LogP contribution in [0.25, 0.3) is 0 Å². The van der Waals surface area contributed by atoms with Gasteiger partial charge in [-0.15, -0.1) is 0 Å². The highest BCUT2D eigenvalue weighted by molar-refractivity contribution is 5.76. The monoisotopic (exact) mass is 158 g/mol. The van der Waals surface area contributed by atoms with Crippen LogP contribution >= 0.6 is 0 Å². The highest BCUT2D eigenvalue weighted by Crippen LogP contribution is 2.20. The third-order valence-corrected chi connectivity index (χ3v) is 1.78. The number of carbonyl (C=O) groups is 1. The average Bonchev–Trinajstić information content (AvgIpc) is 2.10. The molecule has 1 aliphatic heterocycles. The summed E-state index contributed by atoms with van der Waals surface area (Å²) in [4.78, 5) is 10.7. The maximum absolute atomic E-state index is 10.7. The van der Waals surface area contributed by atoms with Crippen LogP contribution in [0, 0.1) is 5.92 Å². The van der Waals surface area contributed by atoms with Gasteiger partial charge in [0.1, 0.15) is 6.10 Å². The van der Waals surface area contributed by atoms with Gasteiger partial charge in [0, 0.05) is 6.42 Å². The first-order valence-electron chi connectivity index (χ1n) is 3.98. The molecular formula is C8H14O3. The Morgan fingerprint density at radius 2 is 2.36 bits per heavy atom. The molecule has 64 valence electrons. The van der Waals surface area contributed by atoms with E-state index in [1.54, 1.807) is 0 Å². The molecular weight excluding hydrogens is 144 g/mol. The summed E-state index contributed by atoms with van der Waals surface area (Å²) in [6, 6.07) is 0. The molecule has 1 aliphatic rings. The van der Waals surface area contributed by atoms with Gasteiger partial charge in [0.2, 0.25) is 0 Å². The molecule has 1 fully saturated rings. The zero-order valence-corrected chi connectivity index (χ0v) is 6.91. The van der Waals surface area contributed by atoms with Gasteiger partial charge in [0.05, 0.1) is 0 Å². The molecule has 0 saturated carbocycles. The molecule has 3 nitrogen and oxygen atoms in total. The van der Waals surface area contributed by atoms with Gasteiger partial charge in [-0.25, -0.2) is 4.79 Å². The molecule has 3 heteroatoms. The second kappa shape index (κ2) is 3.22. The molecule has 0 unspecified atom stereocenters. The molecule has 0 radical (unpaired) electrons. The van der Waals surface area contributed by atoms with Crippen LogP contribution in [0.2, 0.25) is 0 Å². The number of hydrogen-bond donors (Lipinski definition) is 1. The van der Waals surface area contributed by atoms with Gasteiger partial charge in [-0.3, -0.25) is 0 Å². The Morgan fingerprint density at radius 3 is 2.73 bits per heavy atom. The molecule has 0 aromatic rings. The van der Waals surface area contributed by atoms with Crippen LogP contribution in [0.4, 0.5) is 0 Å². The largest absolute Gasteiger partial charge is 0.460 e. The van der Waals surface area contributed by atoms with Crippen molar-refractivity contribution in [1.29, 1.82) is 0 Å². The zero-order valence-electron chi connectivity index (χ0n) is 6.91. The van der Waals surface area contributed by atoms with E-state index in [2.05, 4.69) is 13.8 Å². The Labute approximate surface area is 66.4 Å². The van der Waals surface area contributed by atoms with Gasteiger partial charge >= 0.3 is 5.97 Å². The van der Waals surface area contributed by atoms with E-state index in [0.717, 1.165) is 6.42 Å². The second-order valence-electron chi connectivity index (χ2n) is 3.44. The van der Waals surface area contributed by atoms with E-state index in [9.17, 15) is 4.79 Å². The highest BCUT2D eigenvalue weighted by Gasteiger charge is 2.32. The Hall–Kier alpha value is -0.570. The zero-order chi connectivity index (χ0) is 8.43. The van der Waals surface area contributed by atoms with E-state index >= 15 is 0 Å². The van der Waals surface area contributed by atoms with Crippen molar-refractivity contribution >= 4 is 5.97 Å². The molecule has 11 heavy (non-hydrogen) atoms. The molecule has 0 aliphatic carbocycles. The Balaban J connectivity index is 2.35. The fourth-order valence-electron chi connectivity index (χ4n) is 1.31. The Morgan fingerprint density at radius 1 is 1.73 bits per heavy atom. The van der Waals surface area contributed by atoms with Crippen molar-refractivity contribution in [3.63, 3.8) is 0 Å². The van der Waals surface area contributed by atoms with E-state index < -0.39 is 12.1 Å². The SMILES string of the molecule is CC(C)C[C@H]1C[C@H](O)C(=O)O1. The molecule has 0 aromatic carbocycles. The van der Waals surface area contributed by atoms with Crippen molar-refractivity contribution in [3.05, 3.63) is 0 Å². The molecule has 1 heterocycles. The third-order valence-electron chi connectivity index (χ3n) is 1.78. The highest BCUT2D eigenvalue weighted by atomic mass is 16.6. The number of rotatable bonds is 2. The van der Waals surface area contributed by atoms with Crippen LogP contribution in [0.1, 0.15) is 26.7 Å². The second-order valence-corrected chi connectivity index (χ2v) is 3.44. The number of cyclic esters (lactones) is 1. The number of ether oxygens (including phenoxy) is 1. The van der Waals surface area contributed by atoms with Gasteiger partial charge < -0.3 is 9.84 Å². The average molecular weight is 158 g/mol. The summed E-state index contributed by atoms with van der Waals surface area (Å²) in [5, 5.41) is 9.01. The first-order valence-corrected chi connectivity index (χ1v) is 3.98. The lowest BCUT2D eigenvalue weighted by Crippen LogP contribution is -2.11. The minimum absolute atomic E-state index is 0.0579. The number of aliphatic hydroxyl groups is 1. The first-order chi connectivity index (χ1) is 5.09. The van der Waals surface area contributed by atoms with Crippen LogP contribution < -0.4 is 0 Å². The fourth-order valence-corrected chi connectivity index (χ4v) is 1.31. The summed E-state index contributed by atoms with van der Waals surface area (Å²) in [6.45, 7) is 4.14. The lowest BCUT2D eigenvalue weighted by atomic mass is 10.0. The van der Waals surface area contributed by atoms with E-state index in [1.165, 1.54) is 0 Å².